The van der Waals surface area contributed by atoms with Crippen molar-refractivity contribution in [1.29, 1.82) is 5.26 Å². The minimum Gasteiger partial charge on any atom is -0.289 e. The number of hydrogen-bond donors (Lipinski definition) is 0. The highest BCUT2D eigenvalue weighted by Crippen LogP contribution is 2.14. The number of benzene rings is 2. The molecular weight excluding hydrogens is 236 g/mol. The molecule has 2 rings (SSSR count). The van der Waals surface area contributed by atoms with Gasteiger partial charge >= 0.3 is 0 Å². The first-order valence-corrected chi connectivity index (χ1v) is 5.12. The summed E-state index contributed by atoms with van der Waals surface area (Å²) in [5, 5.41) is 8.68. The number of ketones is 1. The van der Waals surface area contributed by atoms with Crippen LogP contribution < -0.4 is 0 Å². The predicted octanol–water partition coefficient (Wildman–Crippen LogP) is 3.07. The lowest BCUT2D eigenvalue weighted by Crippen LogP contribution is -2.02. The summed E-state index contributed by atoms with van der Waals surface area (Å²) < 4.78 is 26.1. The van der Waals surface area contributed by atoms with E-state index < -0.39 is 17.4 Å². The van der Waals surface area contributed by atoms with Crippen molar-refractivity contribution in [2.45, 2.75) is 0 Å². The largest absolute Gasteiger partial charge is 0.289 e. The van der Waals surface area contributed by atoms with Crippen LogP contribution in [0.2, 0.25) is 0 Å². The molecule has 18 heavy (non-hydrogen) atoms. The third-order valence-corrected chi connectivity index (χ3v) is 2.44. The third-order valence-electron chi connectivity index (χ3n) is 2.44. The molecule has 0 aromatic heterocycles. The van der Waals surface area contributed by atoms with Crippen molar-refractivity contribution in [1.82, 2.24) is 0 Å². The fourth-order valence-electron chi connectivity index (χ4n) is 1.55. The summed E-state index contributed by atoms with van der Waals surface area (Å²) in [5.74, 6) is -1.66. The standard InChI is InChI=1S/C14H7F2NO/c15-12-3-1-2-9(7-12)14(18)10-4-5-13(16)11(6-10)8-17/h1-7H. The van der Waals surface area contributed by atoms with Crippen LogP contribution >= 0.6 is 0 Å². The van der Waals surface area contributed by atoms with Crippen LogP contribution in [0.3, 0.4) is 0 Å². The molecule has 0 aliphatic heterocycles. The second-order valence-electron chi connectivity index (χ2n) is 3.65. The van der Waals surface area contributed by atoms with E-state index in [1.807, 2.05) is 0 Å². The van der Waals surface area contributed by atoms with Crippen molar-refractivity contribution >= 4 is 5.78 Å². The molecule has 0 N–H and O–H groups in total. The van der Waals surface area contributed by atoms with Gasteiger partial charge in [-0.2, -0.15) is 5.26 Å². The van der Waals surface area contributed by atoms with Crippen LogP contribution in [0, 0.1) is 23.0 Å². The van der Waals surface area contributed by atoms with Gasteiger partial charge in [0.05, 0.1) is 5.56 Å². The SMILES string of the molecule is N#Cc1cc(C(=O)c2cccc(F)c2)ccc1F. The minimum absolute atomic E-state index is 0.151. The summed E-state index contributed by atoms with van der Waals surface area (Å²) in [7, 11) is 0. The zero-order valence-corrected chi connectivity index (χ0v) is 9.15. The van der Waals surface area contributed by atoms with Gasteiger partial charge in [-0.3, -0.25) is 4.79 Å². The monoisotopic (exact) mass is 243 g/mol. The van der Waals surface area contributed by atoms with Crippen molar-refractivity contribution in [3.05, 3.63) is 70.8 Å². The molecule has 88 valence electrons. The molecule has 2 nitrogen and oxygen atoms in total. The highest BCUT2D eigenvalue weighted by atomic mass is 19.1. The Morgan fingerprint density at radius 2 is 1.78 bits per heavy atom. The average molecular weight is 243 g/mol. The van der Waals surface area contributed by atoms with Gasteiger partial charge in [0.1, 0.15) is 17.7 Å². The Labute approximate surface area is 102 Å². The molecule has 0 bridgehead atoms. The molecule has 4 heteroatoms. The topological polar surface area (TPSA) is 40.9 Å². The highest BCUT2D eigenvalue weighted by Gasteiger charge is 2.12. The molecule has 0 aliphatic rings. The molecule has 0 radical (unpaired) electrons. The van der Waals surface area contributed by atoms with Gasteiger partial charge in [0.25, 0.3) is 0 Å². The Balaban J connectivity index is 2.44. The average Bonchev–Trinajstić information content (AvgIpc) is 2.38. The van der Waals surface area contributed by atoms with Gasteiger partial charge < -0.3 is 0 Å². The van der Waals surface area contributed by atoms with E-state index in [1.54, 1.807) is 6.07 Å². The minimum atomic E-state index is -0.687. The summed E-state index contributed by atoms with van der Waals surface area (Å²) in [6.45, 7) is 0. The lowest BCUT2D eigenvalue weighted by Gasteiger charge is -2.02. The van der Waals surface area contributed by atoms with Crippen molar-refractivity contribution in [3.8, 4) is 6.07 Å². The van der Waals surface area contributed by atoms with Gasteiger partial charge in [0, 0.05) is 11.1 Å². The van der Waals surface area contributed by atoms with Crippen molar-refractivity contribution in [2.75, 3.05) is 0 Å². The van der Waals surface area contributed by atoms with Gasteiger partial charge in [0.15, 0.2) is 5.78 Å². The van der Waals surface area contributed by atoms with Crippen LogP contribution in [0.15, 0.2) is 42.5 Å². The number of rotatable bonds is 2. The first-order valence-electron chi connectivity index (χ1n) is 5.12. The van der Waals surface area contributed by atoms with Gasteiger partial charge in [-0.15, -0.1) is 0 Å². The zero-order chi connectivity index (χ0) is 13.1. The van der Waals surface area contributed by atoms with E-state index >= 15 is 0 Å². The maximum Gasteiger partial charge on any atom is 0.193 e. The van der Waals surface area contributed by atoms with Crippen LogP contribution in [0.1, 0.15) is 21.5 Å². The summed E-state index contributed by atoms with van der Waals surface area (Å²) in [6.07, 6.45) is 0. The number of carbonyl (C=O) groups is 1. The molecule has 0 fully saturated rings. The van der Waals surface area contributed by atoms with E-state index in [0.29, 0.717) is 0 Å². The number of halogens is 2. The highest BCUT2D eigenvalue weighted by molar-refractivity contribution is 6.09. The Morgan fingerprint density at radius 3 is 2.44 bits per heavy atom. The van der Waals surface area contributed by atoms with Gasteiger partial charge in [-0.05, 0) is 30.3 Å². The molecule has 0 spiro atoms. The van der Waals surface area contributed by atoms with Crippen LogP contribution in [-0.2, 0) is 0 Å². The zero-order valence-electron chi connectivity index (χ0n) is 9.15. The maximum atomic E-state index is 13.1. The first kappa shape index (κ1) is 11.9. The molecule has 0 saturated heterocycles. The summed E-state index contributed by atoms with van der Waals surface area (Å²) in [6, 6.07) is 10.3. The van der Waals surface area contributed by atoms with Gasteiger partial charge in [-0.1, -0.05) is 12.1 Å². The van der Waals surface area contributed by atoms with E-state index in [9.17, 15) is 13.6 Å². The summed E-state index contributed by atoms with van der Waals surface area (Å²) in [4.78, 5) is 12.0. The summed E-state index contributed by atoms with van der Waals surface area (Å²) >= 11 is 0. The second kappa shape index (κ2) is 4.76. The van der Waals surface area contributed by atoms with Crippen LogP contribution in [0.25, 0.3) is 0 Å². The molecule has 0 amide bonds. The predicted molar refractivity (Wildman–Crippen MR) is 60.9 cm³/mol. The van der Waals surface area contributed by atoms with E-state index in [4.69, 9.17) is 5.26 Å². The third kappa shape index (κ3) is 2.25. The lowest BCUT2D eigenvalue weighted by atomic mass is 10.0. The first-order chi connectivity index (χ1) is 8.61. The van der Waals surface area contributed by atoms with Gasteiger partial charge in [0.2, 0.25) is 0 Å². The molecule has 0 aliphatic carbocycles. The van der Waals surface area contributed by atoms with Crippen molar-refractivity contribution in [2.24, 2.45) is 0 Å². The molecule has 2 aromatic rings. The Kier molecular flexibility index (Phi) is 3.16. The molecule has 0 heterocycles. The van der Waals surface area contributed by atoms with Crippen LogP contribution in [0.5, 0.6) is 0 Å². The smallest absolute Gasteiger partial charge is 0.193 e. The number of hydrogen-bond acceptors (Lipinski definition) is 2. The van der Waals surface area contributed by atoms with Crippen molar-refractivity contribution < 1.29 is 13.6 Å². The second-order valence-corrected chi connectivity index (χ2v) is 3.65. The Bertz CT molecular complexity index is 659. The molecule has 0 saturated carbocycles. The number of nitrogens with zero attached hydrogens (tertiary/aromatic N) is 1. The molecule has 2 aromatic carbocycles. The number of carbonyl (C=O) groups excluding carboxylic acids is 1. The van der Waals surface area contributed by atoms with E-state index in [2.05, 4.69) is 0 Å². The van der Waals surface area contributed by atoms with Gasteiger partial charge in [-0.25, -0.2) is 8.78 Å². The summed E-state index contributed by atoms with van der Waals surface area (Å²) in [5.41, 5.74) is 0.0984. The van der Waals surface area contributed by atoms with Crippen LogP contribution in [-0.4, -0.2) is 5.78 Å². The maximum absolute atomic E-state index is 13.1. The molecule has 0 atom stereocenters. The van der Waals surface area contributed by atoms with E-state index in [0.717, 1.165) is 18.2 Å². The van der Waals surface area contributed by atoms with Crippen molar-refractivity contribution in [3.63, 3.8) is 0 Å². The molecular formula is C14H7F2NO. The van der Waals surface area contributed by atoms with E-state index in [-0.39, 0.29) is 16.7 Å². The quantitative estimate of drug-likeness (QED) is 0.760. The van der Waals surface area contributed by atoms with Crippen LogP contribution in [0.4, 0.5) is 8.78 Å². The van der Waals surface area contributed by atoms with E-state index in [1.165, 1.54) is 24.3 Å². The number of nitriles is 1. The Morgan fingerprint density at radius 1 is 1.06 bits per heavy atom. The fraction of sp³-hybridized carbons (Fsp3) is 0. The Hall–Kier alpha value is -2.54. The normalized spacial score (nSPS) is 9.83. The lowest BCUT2D eigenvalue weighted by molar-refractivity contribution is 0.103. The fourth-order valence-corrected chi connectivity index (χ4v) is 1.55. The molecule has 0 unspecified atom stereocenters.